The zero-order valence-electron chi connectivity index (χ0n) is 10.8. The summed E-state index contributed by atoms with van der Waals surface area (Å²) in [5, 5.41) is 0. The first-order valence-corrected chi connectivity index (χ1v) is 6.45. The third-order valence-corrected chi connectivity index (χ3v) is 2.97. The van der Waals surface area contributed by atoms with Crippen LogP contribution in [0.4, 0.5) is 4.39 Å². The monoisotopic (exact) mass is 259 g/mol. The van der Waals surface area contributed by atoms with Crippen molar-refractivity contribution >= 4 is 0 Å². The number of rotatable bonds is 6. The highest BCUT2D eigenvalue weighted by molar-refractivity contribution is 5.28. The Balaban J connectivity index is 1.78. The van der Waals surface area contributed by atoms with E-state index in [1.165, 1.54) is 11.6 Å². The predicted molar refractivity (Wildman–Crippen MR) is 74.5 cm³/mol. The largest absolute Gasteiger partial charge is 0.493 e. The van der Waals surface area contributed by atoms with Crippen molar-refractivity contribution in [1.29, 1.82) is 0 Å². The van der Waals surface area contributed by atoms with Gasteiger partial charge in [0.15, 0.2) is 0 Å². The van der Waals surface area contributed by atoms with Crippen molar-refractivity contribution in [1.82, 2.24) is 0 Å². The summed E-state index contributed by atoms with van der Waals surface area (Å²) in [6.07, 6.45) is 1.87. The van der Waals surface area contributed by atoms with Gasteiger partial charge in [-0.2, -0.15) is 0 Å². The number of nitrogens with two attached hydrogens (primary N) is 1. The minimum atomic E-state index is -0.303. The normalized spacial score (nSPS) is 10.4. The van der Waals surface area contributed by atoms with Crippen LogP contribution in [0.5, 0.6) is 5.75 Å². The lowest BCUT2D eigenvalue weighted by Gasteiger charge is -2.07. The summed E-state index contributed by atoms with van der Waals surface area (Å²) in [4.78, 5) is 0. The molecule has 19 heavy (non-hydrogen) atoms. The van der Waals surface area contributed by atoms with E-state index in [9.17, 15) is 4.39 Å². The molecular formula is C16H18FNO. The lowest BCUT2D eigenvalue weighted by atomic mass is 10.1. The number of hydrogen-bond donors (Lipinski definition) is 1. The summed E-state index contributed by atoms with van der Waals surface area (Å²) in [6.45, 7) is 0.788. The van der Waals surface area contributed by atoms with Gasteiger partial charge in [-0.05, 0) is 24.5 Å². The molecule has 0 saturated carbocycles. The Kier molecular flexibility index (Phi) is 4.93. The Morgan fingerprint density at radius 3 is 2.53 bits per heavy atom. The highest BCUT2D eigenvalue weighted by atomic mass is 19.1. The Bertz CT molecular complexity index is 513. The summed E-state index contributed by atoms with van der Waals surface area (Å²) in [6, 6.07) is 15.1. The lowest BCUT2D eigenvalue weighted by Crippen LogP contribution is -2.02. The molecule has 2 aromatic rings. The topological polar surface area (TPSA) is 35.2 Å². The molecule has 0 aliphatic rings. The molecule has 3 heteroatoms. The van der Waals surface area contributed by atoms with Crippen LogP contribution in [0.25, 0.3) is 0 Å². The van der Waals surface area contributed by atoms with E-state index in [0.29, 0.717) is 17.9 Å². The van der Waals surface area contributed by atoms with Crippen LogP contribution >= 0.6 is 0 Å². The van der Waals surface area contributed by atoms with E-state index in [4.69, 9.17) is 10.5 Å². The minimum Gasteiger partial charge on any atom is -0.493 e. The van der Waals surface area contributed by atoms with E-state index < -0.39 is 0 Å². The number of halogens is 1. The fourth-order valence-electron chi connectivity index (χ4n) is 1.89. The highest BCUT2D eigenvalue weighted by Crippen LogP contribution is 2.16. The molecule has 0 fully saturated rings. The van der Waals surface area contributed by atoms with Gasteiger partial charge < -0.3 is 10.5 Å². The van der Waals surface area contributed by atoms with Crippen LogP contribution in [0, 0.1) is 5.82 Å². The van der Waals surface area contributed by atoms with E-state index in [2.05, 4.69) is 12.1 Å². The molecule has 0 amide bonds. The maximum Gasteiger partial charge on any atom is 0.131 e. The summed E-state index contributed by atoms with van der Waals surface area (Å²) >= 11 is 0. The van der Waals surface area contributed by atoms with E-state index in [1.807, 2.05) is 18.2 Å². The number of hydrogen-bond acceptors (Lipinski definition) is 2. The zero-order valence-corrected chi connectivity index (χ0v) is 10.8. The molecule has 2 N–H and O–H groups in total. The van der Waals surface area contributed by atoms with Crippen LogP contribution in [-0.2, 0) is 13.0 Å². The van der Waals surface area contributed by atoms with E-state index in [-0.39, 0.29) is 12.4 Å². The molecule has 0 spiro atoms. The second kappa shape index (κ2) is 6.90. The van der Waals surface area contributed by atoms with E-state index in [0.717, 1.165) is 12.8 Å². The molecule has 2 rings (SSSR count). The molecule has 0 unspecified atom stereocenters. The van der Waals surface area contributed by atoms with Crippen LogP contribution < -0.4 is 10.5 Å². The first-order valence-electron chi connectivity index (χ1n) is 6.45. The molecule has 2 nitrogen and oxygen atoms in total. The molecule has 0 aromatic heterocycles. The van der Waals surface area contributed by atoms with Gasteiger partial charge in [0, 0.05) is 18.2 Å². The van der Waals surface area contributed by atoms with Gasteiger partial charge >= 0.3 is 0 Å². The molecule has 0 heterocycles. The molecular weight excluding hydrogens is 241 g/mol. The van der Waals surface area contributed by atoms with E-state index in [1.54, 1.807) is 12.1 Å². The third kappa shape index (κ3) is 4.07. The standard InChI is InChI=1S/C16H18FNO/c17-16-11-15(9-8-14(16)12-18)19-10-4-7-13-5-2-1-3-6-13/h1-3,5-6,8-9,11H,4,7,10,12,18H2. The maximum absolute atomic E-state index is 13.5. The Morgan fingerprint density at radius 2 is 1.84 bits per heavy atom. The average Bonchev–Trinajstić information content (AvgIpc) is 2.45. The van der Waals surface area contributed by atoms with Gasteiger partial charge in [0.05, 0.1) is 6.61 Å². The Labute approximate surface area is 113 Å². The van der Waals surface area contributed by atoms with Gasteiger partial charge in [0.25, 0.3) is 0 Å². The quantitative estimate of drug-likeness (QED) is 0.808. The second-order valence-electron chi connectivity index (χ2n) is 4.39. The number of ether oxygens (including phenoxy) is 1. The van der Waals surface area contributed by atoms with Gasteiger partial charge in [-0.15, -0.1) is 0 Å². The summed E-state index contributed by atoms with van der Waals surface area (Å²) in [7, 11) is 0. The van der Waals surface area contributed by atoms with E-state index >= 15 is 0 Å². The van der Waals surface area contributed by atoms with Crippen molar-refractivity contribution < 1.29 is 9.13 Å². The van der Waals surface area contributed by atoms with Crippen molar-refractivity contribution in [2.75, 3.05) is 6.61 Å². The lowest BCUT2D eigenvalue weighted by molar-refractivity contribution is 0.309. The summed E-state index contributed by atoms with van der Waals surface area (Å²) in [5.74, 6) is 0.255. The molecule has 0 saturated heterocycles. The smallest absolute Gasteiger partial charge is 0.131 e. The van der Waals surface area contributed by atoms with Crippen LogP contribution in [0.3, 0.4) is 0 Å². The van der Waals surface area contributed by atoms with Gasteiger partial charge in [0.2, 0.25) is 0 Å². The number of benzene rings is 2. The van der Waals surface area contributed by atoms with Crippen molar-refractivity contribution in [3.63, 3.8) is 0 Å². The highest BCUT2D eigenvalue weighted by Gasteiger charge is 2.02. The second-order valence-corrected chi connectivity index (χ2v) is 4.39. The maximum atomic E-state index is 13.5. The minimum absolute atomic E-state index is 0.208. The summed E-state index contributed by atoms with van der Waals surface area (Å²) < 4.78 is 19.0. The fourth-order valence-corrected chi connectivity index (χ4v) is 1.89. The number of aryl methyl sites for hydroxylation is 1. The first kappa shape index (κ1) is 13.6. The molecule has 0 aliphatic carbocycles. The van der Waals surface area contributed by atoms with Crippen LogP contribution in [0.2, 0.25) is 0 Å². The molecule has 2 aromatic carbocycles. The Morgan fingerprint density at radius 1 is 1.05 bits per heavy atom. The van der Waals surface area contributed by atoms with Crippen molar-refractivity contribution in [3.05, 3.63) is 65.5 Å². The molecule has 100 valence electrons. The molecule has 0 bridgehead atoms. The molecule has 0 aliphatic heterocycles. The van der Waals surface area contributed by atoms with Crippen LogP contribution in [0.15, 0.2) is 48.5 Å². The van der Waals surface area contributed by atoms with Gasteiger partial charge in [0.1, 0.15) is 11.6 Å². The van der Waals surface area contributed by atoms with Crippen LogP contribution in [0.1, 0.15) is 17.5 Å². The Hall–Kier alpha value is -1.87. The molecule has 0 radical (unpaired) electrons. The van der Waals surface area contributed by atoms with Crippen molar-refractivity contribution in [2.24, 2.45) is 5.73 Å². The SMILES string of the molecule is NCc1ccc(OCCCc2ccccc2)cc1F. The van der Waals surface area contributed by atoms with Crippen molar-refractivity contribution in [3.8, 4) is 5.75 Å². The summed E-state index contributed by atoms with van der Waals surface area (Å²) in [5.41, 5.74) is 7.20. The van der Waals surface area contributed by atoms with Gasteiger partial charge in [-0.25, -0.2) is 4.39 Å². The van der Waals surface area contributed by atoms with Crippen LogP contribution in [-0.4, -0.2) is 6.61 Å². The average molecular weight is 259 g/mol. The predicted octanol–water partition coefficient (Wildman–Crippen LogP) is 3.30. The van der Waals surface area contributed by atoms with Crippen molar-refractivity contribution in [2.45, 2.75) is 19.4 Å². The fraction of sp³-hybridized carbons (Fsp3) is 0.250. The van der Waals surface area contributed by atoms with Gasteiger partial charge in [-0.1, -0.05) is 36.4 Å². The molecule has 0 atom stereocenters. The zero-order chi connectivity index (χ0) is 13.5. The third-order valence-electron chi connectivity index (χ3n) is 2.97. The first-order chi connectivity index (χ1) is 9.29. The van der Waals surface area contributed by atoms with Gasteiger partial charge in [-0.3, -0.25) is 0 Å².